The largest absolute Gasteiger partial charge is 0.478 e. The first-order chi connectivity index (χ1) is 16.5. The van der Waals surface area contributed by atoms with Crippen molar-refractivity contribution in [1.29, 1.82) is 0 Å². The van der Waals surface area contributed by atoms with Gasteiger partial charge in [-0.2, -0.15) is 0 Å². The molecule has 34 heavy (non-hydrogen) atoms. The quantitative estimate of drug-likeness (QED) is 0.287. The summed E-state index contributed by atoms with van der Waals surface area (Å²) in [5.74, 6) is -0.372. The van der Waals surface area contributed by atoms with Crippen molar-refractivity contribution in [2.45, 2.75) is 17.5 Å². The molecule has 0 spiro atoms. The van der Waals surface area contributed by atoms with Crippen molar-refractivity contribution in [2.75, 3.05) is 0 Å². The van der Waals surface area contributed by atoms with Gasteiger partial charge in [-0.1, -0.05) is 54.2 Å². The average molecular weight is 471 g/mol. The van der Waals surface area contributed by atoms with Crippen molar-refractivity contribution in [2.24, 2.45) is 0 Å². The Morgan fingerprint density at radius 2 is 1.68 bits per heavy atom. The molecule has 0 fully saturated rings. The molecule has 8 nitrogen and oxygen atoms in total. The van der Waals surface area contributed by atoms with Crippen LogP contribution in [0.4, 0.5) is 0 Å². The molecular weight excluding hydrogens is 452 g/mol. The van der Waals surface area contributed by atoms with Crippen LogP contribution >= 0.6 is 11.8 Å². The maximum atomic E-state index is 13.4. The molecule has 0 bridgehead atoms. The van der Waals surface area contributed by atoms with Crippen molar-refractivity contribution >= 4 is 39.5 Å². The monoisotopic (exact) mass is 470 g/mol. The lowest BCUT2D eigenvalue weighted by Gasteiger charge is -2.13. The first-order valence-corrected chi connectivity index (χ1v) is 11.4. The van der Waals surface area contributed by atoms with E-state index in [4.69, 9.17) is 0 Å². The number of nitrogens with zero attached hydrogens (tertiary/aromatic N) is 3. The first-order valence-electron chi connectivity index (χ1n) is 10.4. The number of hydrogen-bond donors (Lipinski definition) is 2. The van der Waals surface area contributed by atoms with Gasteiger partial charge in [0.05, 0.1) is 39.7 Å². The lowest BCUT2D eigenvalue weighted by molar-refractivity contribution is 0.0697. The summed E-state index contributed by atoms with van der Waals surface area (Å²) >= 11 is 1.25. The van der Waals surface area contributed by atoms with Crippen LogP contribution in [0.5, 0.6) is 0 Å². The van der Waals surface area contributed by atoms with E-state index in [2.05, 4.69) is 15.0 Å². The number of thioether (sulfide) groups is 1. The number of aromatic carboxylic acids is 1. The number of hydrogen-bond acceptors (Lipinski definition) is 6. The van der Waals surface area contributed by atoms with E-state index in [1.54, 1.807) is 22.8 Å². The van der Waals surface area contributed by atoms with Crippen molar-refractivity contribution in [1.82, 2.24) is 19.5 Å². The Kier molecular flexibility index (Phi) is 5.69. The van der Waals surface area contributed by atoms with Gasteiger partial charge in [-0.15, -0.1) is 0 Å². The van der Waals surface area contributed by atoms with E-state index in [-0.39, 0.29) is 22.4 Å². The van der Waals surface area contributed by atoms with Crippen LogP contribution in [0.25, 0.3) is 21.8 Å². The maximum Gasteiger partial charge on any atom is 0.335 e. The molecule has 0 amide bonds. The van der Waals surface area contributed by atoms with E-state index >= 15 is 0 Å². The van der Waals surface area contributed by atoms with Crippen LogP contribution in [0, 0.1) is 0 Å². The zero-order valence-electron chi connectivity index (χ0n) is 17.8. The molecule has 0 atom stereocenters. The summed E-state index contributed by atoms with van der Waals surface area (Å²) in [7, 11) is 0. The molecule has 0 unspecified atom stereocenters. The van der Waals surface area contributed by atoms with Crippen LogP contribution in [0.1, 0.15) is 21.7 Å². The molecule has 2 heterocycles. The van der Waals surface area contributed by atoms with Crippen molar-refractivity contribution in [3.05, 3.63) is 110 Å². The predicted molar refractivity (Wildman–Crippen MR) is 130 cm³/mol. The molecule has 0 radical (unpaired) electrons. The van der Waals surface area contributed by atoms with Gasteiger partial charge in [0.2, 0.25) is 0 Å². The number of para-hydroxylation sites is 1. The minimum absolute atomic E-state index is 0.0525. The van der Waals surface area contributed by atoms with Gasteiger partial charge in [-0.25, -0.2) is 14.8 Å². The lowest BCUT2D eigenvalue weighted by atomic mass is 10.1. The highest BCUT2D eigenvalue weighted by Crippen LogP contribution is 2.23. The van der Waals surface area contributed by atoms with Gasteiger partial charge < -0.3 is 10.1 Å². The molecule has 5 rings (SSSR count). The first kappa shape index (κ1) is 21.6. The van der Waals surface area contributed by atoms with Gasteiger partial charge in [-0.3, -0.25) is 14.2 Å². The van der Waals surface area contributed by atoms with Crippen LogP contribution in [0.3, 0.4) is 0 Å². The summed E-state index contributed by atoms with van der Waals surface area (Å²) < 4.78 is 1.56. The highest BCUT2D eigenvalue weighted by atomic mass is 32.2. The number of aromatic amines is 1. The number of H-pyrrole nitrogens is 1. The fraction of sp³-hybridized carbons (Fsp3) is 0.0800. The summed E-state index contributed by atoms with van der Waals surface area (Å²) in [6.45, 7) is 0.299. The van der Waals surface area contributed by atoms with E-state index in [1.165, 1.54) is 30.0 Å². The highest BCUT2D eigenvalue weighted by molar-refractivity contribution is 7.98. The Labute approximate surface area is 196 Å². The molecule has 0 saturated heterocycles. The smallest absolute Gasteiger partial charge is 0.335 e. The van der Waals surface area contributed by atoms with E-state index in [9.17, 15) is 19.5 Å². The number of rotatable bonds is 6. The highest BCUT2D eigenvalue weighted by Gasteiger charge is 2.15. The Morgan fingerprint density at radius 3 is 2.47 bits per heavy atom. The van der Waals surface area contributed by atoms with Gasteiger partial charge in [0, 0.05) is 0 Å². The average Bonchev–Trinajstić information content (AvgIpc) is 2.85. The summed E-state index contributed by atoms with van der Waals surface area (Å²) in [6, 6.07) is 20.9. The maximum absolute atomic E-state index is 13.4. The minimum Gasteiger partial charge on any atom is -0.478 e. The second kappa shape index (κ2) is 8.95. The third-order valence-electron chi connectivity index (χ3n) is 5.35. The molecule has 2 N–H and O–H groups in total. The molecule has 0 aliphatic carbocycles. The number of carbonyl (C=O) groups is 1. The second-order valence-electron chi connectivity index (χ2n) is 7.63. The topological polar surface area (TPSA) is 118 Å². The van der Waals surface area contributed by atoms with Crippen LogP contribution in [-0.4, -0.2) is 30.6 Å². The van der Waals surface area contributed by atoms with E-state index in [0.717, 1.165) is 5.56 Å². The van der Waals surface area contributed by atoms with E-state index in [1.807, 2.05) is 36.4 Å². The van der Waals surface area contributed by atoms with Crippen LogP contribution in [0.2, 0.25) is 0 Å². The third-order valence-corrected chi connectivity index (χ3v) is 6.34. The van der Waals surface area contributed by atoms with Crippen molar-refractivity contribution < 1.29 is 9.90 Å². The number of carboxylic acids is 1. The van der Waals surface area contributed by atoms with Gasteiger partial charge in [0.25, 0.3) is 11.1 Å². The Balaban J connectivity index is 1.58. The minimum atomic E-state index is -1.09. The molecule has 9 heteroatoms. The number of benzene rings is 3. The van der Waals surface area contributed by atoms with Gasteiger partial charge in [-0.05, 0) is 35.9 Å². The molecule has 5 aromatic rings. The molecular formula is C25H18N4O4S. The van der Waals surface area contributed by atoms with E-state index < -0.39 is 5.97 Å². The summed E-state index contributed by atoms with van der Waals surface area (Å²) in [6.07, 6.45) is 0. The summed E-state index contributed by atoms with van der Waals surface area (Å²) in [4.78, 5) is 49.1. The number of carboxylic acid groups (broad SMARTS) is 1. The van der Waals surface area contributed by atoms with Crippen molar-refractivity contribution in [3.63, 3.8) is 0 Å². The number of nitrogens with one attached hydrogen (secondary N) is 1. The standard InChI is InChI=1S/C25H18N4O4S/c30-22-17-8-4-5-9-19(17)26-21(28-22)14-34-25-27-20-12-16(24(32)33)10-11-18(20)23(31)29(25)13-15-6-2-1-3-7-15/h1-12H,13-14H2,(H,32,33)(H,26,28,30). The lowest BCUT2D eigenvalue weighted by Crippen LogP contribution is -2.24. The van der Waals surface area contributed by atoms with E-state index in [0.29, 0.717) is 39.3 Å². The number of aromatic nitrogens is 4. The molecule has 0 aliphatic rings. The zero-order chi connectivity index (χ0) is 23.7. The third kappa shape index (κ3) is 4.20. The summed E-state index contributed by atoms with van der Waals surface area (Å²) in [5, 5.41) is 10.6. The molecule has 0 aliphatic heterocycles. The fourth-order valence-corrected chi connectivity index (χ4v) is 4.55. The van der Waals surface area contributed by atoms with Crippen molar-refractivity contribution in [3.8, 4) is 0 Å². The molecule has 168 valence electrons. The van der Waals surface area contributed by atoms with Gasteiger partial charge in [0.1, 0.15) is 5.82 Å². The van der Waals surface area contributed by atoms with Crippen LogP contribution in [0.15, 0.2) is 87.5 Å². The van der Waals surface area contributed by atoms with Crippen LogP contribution in [-0.2, 0) is 12.3 Å². The second-order valence-corrected chi connectivity index (χ2v) is 8.57. The normalized spacial score (nSPS) is 11.2. The fourth-order valence-electron chi connectivity index (χ4n) is 3.69. The van der Waals surface area contributed by atoms with Crippen LogP contribution < -0.4 is 11.1 Å². The molecule has 2 aromatic heterocycles. The van der Waals surface area contributed by atoms with Gasteiger partial charge >= 0.3 is 5.97 Å². The summed E-state index contributed by atoms with van der Waals surface area (Å²) in [5.41, 5.74) is 1.36. The Morgan fingerprint density at radius 1 is 0.912 bits per heavy atom. The zero-order valence-corrected chi connectivity index (χ0v) is 18.6. The predicted octanol–water partition coefficient (Wildman–Crippen LogP) is 3.67. The molecule has 0 saturated carbocycles. The Bertz CT molecular complexity index is 1660. The Hall–Kier alpha value is -4.24. The molecule has 3 aromatic carbocycles. The number of fused-ring (bicyclic) bond motifs is 2. The van der Waals surface area contributed by atoms with Gasteiger partial charge in [0.15, 0.2) is 5.16 Å². The SMILES string of the molecule is O=C(O)c1ccc2c(=O)n(Cc3ccccc3)c(SCc3nc4ccccc4c(=O)[nH]3)nc2c1.